The van der Waals surface area contributed by atoms with E-state index in [1.165, 1.54) is 0 Å². The molecule has 0 radical (unpaired) electrons. The van der Waals surface area contributed by atoms with Crippen molar-refractivity contribution in [2.24, 2.45) is 0 Å². The molecule has 5 nitrogen and oxygen atoms in total. The maximum atomic E-state index is 12.1. The highest BCUT2D eigenvalue weighted by Crippen LogP contribution is 2.40. The first-order valence-corrected chi connectivity index (χ1v) is 7.78. The van der Waals surface area contributed by atoms with Crippen LogP contribution in [0, 0.1) is 0 Å². The summed E-state index contributed by atoms with van der Waals surface area (Å²) in [5, 5.41) is 3.91. The lowest BCUT2D eigenvalue weighted by atomic mass is 9.86. The molecule has 1 N–H and O–H groups in total. The topological polar surface area (TPSA) is 68.3 Å². The van der Waals surface area contributed by atoms with E-state index < -0.39 is 5.41 Å². The van der Waals surface area contributed by atoms with Crippen molar-refractivity contribution in [2.45, 2.75) is 19.3 Å². The van der Waals surface area contributed by atoms with E-state index in [9.17, 15) is 4.79 Å². The fourth-order valence-corrected chi connectivity index (χ4v) is 3.19. The summed E-state index contributed by atoms with van der Waals surface area (Å²) in [4.78, 5) is 16.6. The van der Waals surface area contributed by atoms with Crippen LogP contribution in [0.25, 0.3) is 33.7 Å². The Hall–Kier alpha value is -3.08. The Bertz CT molecular complexity index is 1100. The van der Waals surface area contributed by atoms with Crippen LogP contribution >= 0.6 is 0 Å². The van der Waals surface area contributed by atoms with E-state index in [-0.39, 0.29) is 5.91 Å². The number of anilines is 1. The number of para-hydroxylation sites is 1. The third-order valence-electron chi connectivity index (χ3n) is 4.65. The number of aromatic nitrogens is 1. The van der Waals surface area contributed by atoms with Crippen LogP contribution < -0.4 is 5.32 Å². The van der Waals surface area contributed by atoms with Gasteiger partial charge in [-0.25, -0.2) is 4.98 Å². The Balaban J connectivity index is 1.68. The molecule has 24 heavy (non-hydrogen) atoms. The van der Waals surface area contributed by atoms with Gasteiger partial charge in [0.2, 0.25) is 5.91 Å². The summed E-state index contributed by atoms with van der Waals surface area (Å²) in [6.07, 6.45) is 0. The average molecular weight is 318 g/mol. The van der Waals surface area contributed by atoms with Crippen molar-refractivity contribution in [3.05, 3.63) is 48.0 Å². The summed E-state index contributed by atoms with van der Waals surface area (Å²) >= 11 is 0. The minimum Gasteiger partial charge on any atom is -0.451 e. The van der Waals surface area contributed by atoms with Gasteiger partial charge in [0.25, 0.3) is 5.89 Å². The molecule has 0 unspecified atom stereocenters. The van der Waals surface area contributed by atoms with Gasteiger partial charge in [0.1, 0.15) is 11.1 Å². The monoisotopic (exact) mass is 318 g/mol. The molecule has 2 aromatic carbocycles. The summed E-state index contributed by atoms with van der Waals surface area (Å²) in [5.41, 5.74) is 3.29. The number of rotatable bonds is 1. The Kier molecular flexibility index (Phi) is 2.37. The summed E-state index contributed by atoms with van der Waals surface area (Å²) in [6.45, 7) is 3.81. The minimum absolute atomic E-state index is 0.0114. The van der Waals surface area contributed by atoms with Crippen LogP contribution in [0.2, 0.25) is 0 Å². The van der Waals surface area contributed by atoms with Crippen LogP contribution in [0.15, 0.2) is 51.3 Å². The van der Waals surface area contributed by atoms with Crippen molar-refractivity contribution < 1.29 is 13.6 Å². The van der Waals surface area contributed by atoms with Crippen LogP contribution in [0.3, 0.4) is 0 Å². The Labute approximate surface area is 137 Å². The molecule has 0 atom stereocenters. The molecule has 5 rings (SSSR count). The van der Waals surface area contributed by atoms with Gasteiger partial charge >= 0.3 is 0 Å². The second-order valence-corrected chi connectivity index (χ2v) is 6.61. The van der Waals surface area contributed by atoms with Crippen molar-refractivity contribution in [2.75, 3.05) is 5.32 Å². The molecular weight excluding hydrogens is 304 g/mol. The molecule has 0 spiro atoms. The molecule has 0 saturated carbocycles. The lowest BCUT2D eigenvalue weighted by molar-refractivity contribution is -0.119. The predicted molar refractivity (Wildman–Crippen MR) is 90.9 cm³/mol. The first kappa shape index (κ1) is 13.4. The van der Waals surface area contributed by atoms with Gasteiger partial charge < -0.3 is 14.2 Å². The van der Waals surface area contributed by atoms with Crippen molar-refractivity contribution in [3.63, 3.8) is 0 Å². The first-order chi connectivity index (χ1) is 11.5. The van der Waals surface area contributed by atoms with E-state index in [0.29, 0.717) is 22.8 Å². The van der Waals surface area contributed by atoms with Gasteiger partial charge in [0.15, 0.2) is 11.3 Å². The number of nitrogens with zero attached hydrogens (tertiary/aromatic N) is 1. The SMILES string of the molecule is CC1(C)C(=O)Nc2cc3oc(-c4cc5ccccc5o4)nc3cc21. The number of fused-ring (bicyclic) bond motifs is 3. The molecule has 0 bridgehead atoms. The number of carbonyl (C=O) groups is 1. The molecule has 1 amide bonds. The third-order valence-corrected chi connectivity index (χ3v) is 4.65. The van der Waals surface area contributed by atoms with E-state index in [1.54, 1.807) is 0 Å². The molecule has 0 aliphatic carbocycles. The van der Waals surface area contributed by atoms with E-state index in [2.05, 4.69) is 10.3 Å². The van der Waals surface area contributed by atoms with E-state index in [4.69, 9.17) is 8.83 Å². The number of hydrogen-bond donors (Lipinski definition) is 1. The number of furan rings is 1. The van der Waals surface area contributed by atoms with Crippen LogP contribution in [0.1, 0.15) is 19.4 Å². The highest BCUT2D eigenvalue weighted by Gasteiger charge is 2.39. The van der Waals surface area contributed by atoms with Crippen LogP contribution in [0.5, 0.6) is 0 Å². The Morgan fingerprint density at radius 3 is 2.71 bits per heavy atom. The maximum absolute atomic E-state index is 12.1. The Morgan fingerprint density at radius 2 is 1.88 bits per heavy atom. The first-order valence-electron chi connectivity index (χ1n) is 7.78. The number of nitrogens with one attached hydrogen (secondary N) is 1. The predicted octanol–water partition coefficient (Wildman–Crippen LogP) is 4.47. The normalized spacial score (nSPS) is 15.8. The van der Waals surface area contributed by atoms with Crippen molar-refractivity contribution in [1.82, 2.24) is 4.98 Å². The third kappa shape index (κ3) is 1.69. The van der Waals surface area contributed by atoms with Gasteiger partial charge in [0, 0.05) is 17.1 Å². The second kappa shape index (κ2) is 4.26. The molecular formula is C19H14N2O3. The van der Waals surface area contributed by atoms with Gasteiger partial charge in [-0.15, -0.1) is 0 Å². The van der Waals surface area contributed by atoms with E-state index in [0.717, 1.165) is 22.2 Å². The standard InChI is InChI=1S/C19H14N2O3/c1-19(2)11-8-13-15(9-12(11)21-18(19)22)24-17(20-13)16-7-10-5-3-4-6-14(10)23-16/h3-9H,1-2H3,(H,21,22). The highest BCUT2D eigenvalue weighted by atomic mass is 16.4. The quantitative estimate of drug-likeness (QED) is 0.562. The number of hydrogen-bond acceptors (Lipinski definition) is 4. The molecule has 0 fully saturated rings. The summed E-state index contributed by atoms with van der Waals surface area (Å²) in [7, 11) is 0. The zero-order valence-corrected chi connectivity index (χ0v) is 13.2. The van der Waals surface area contributed by atoms with Gasteiger partial charge in [-0.2, -0.15) is 0 Å². The van der Waals surface area contributed by atoms with Gasteiger partial charge in [-0.1, -0.05) is 18.2 Å². The van der Waals surface area contributed by atoms with Crippen molar-refractivity contribution in [1.29, 1.82) is 0 Å². The van der Waals surface area contributed by atoms with Crippen LogP contribution in [-0.2, 0) is 10.2 Å². The molecule has 118 valence electrons. The lowest BCUT2D eigenvalue weighted by Crippen LogP contribution is -2.26. The fourth-order valence-electron chi connectivity index (χ4n) is 3.19. The number of oxazole rings is 1. The zero-order chi connectivity index (χ0) is 16.5. The number of amides is 1. The smallest absolute Gasteiger partial charge is 0.263 e. The summed E-state index contributed by atoms with van der Waals surface area (Å²) in [5.74, 6) is 1.02. The van der Waals surface area contributed by atoms with E-state index in [1.807, 2.05) is 56.3 Å². The molecule has 1 aliphatic rings. The molecule has 5 heteroatoms. The maximum Gasteiger partial charge on any atom is 0.263 e. The lowest BCUT2D eigenvalue weighted by Gasteiger charge is -2.14. The van der Waals surface area contributed by atoms with Crippen molar-refractivity contribution >= 4 is 33.7 Å². The minimum atomic E-state index is -0.567. The molecule has 2 aromatic heterocycles. The molecule has 1 aliphatic heterocycles. The van der Waals surface area contributed by atoms with E-state index >= 15 is 0 Å². The summed E-state index contributed by atoms with van der Waals surface area (Å²) in [6, 6.07) is 13.4. The fraction of sp³-hybridized carbons (Fsp3) is 0.158. The van der Waals surface area contributed by atoms with Crippen LogP contribution in [-0.4, -0.2) is 10.9 Å². The average Bonchev–Trinajstić information content (AvgIpc) is 3.21. The van der Waals surface area contributed by atoms with Crippen LogP contribution in [0.4, 0.5) is 5.69 Å². The van der Waals surface area contributed by atoms with Gasteiger partial charge in [-0.3, -0.25) is 4.79 Å². The molecule has 0 saturated heterocycles. The van der Waals surface area contributed by atoms with Crippen molar-refractivity contribution in [3.8, 4) is 11.7 Å². The number of benzene rings is 2. The Morgan fingerprint density at radius 1 is 1.04 bits per heavy atom. The number of carbonyl (C=O) groups excluding carboxylic acids is 1. The summed E-state index contributed by atoms with van der Waals surface area (Å²) < 4.78 is 11.7. The second-order valence-electron chi connectivity index (χ2n) is 6.61. The zero-order valence-electron chi connectivity index (χ0n) is 13.2. The van der Waals surface area contributed by atoms with Gasteiger partial charge in [0.05, 0.1) is 5.41 Å². The molecule has 4 aromatic rings. The largest absolute Gasteiger partial charge is 0.451 e. The molecule has 3 heterocycles. The highest BCUT2D eigenvalue weighted by molar-refractivity contribution is 6.07. The van der Waals surface area contributed by atoms with Gasteiger partial charge in [-0.05, 0) is 37.6 Å².